The molecule has 0 saturated carbocycles. The second-order valence-corrected chi connectivity index (χ2v) is 0. The molecule has 0 aliphatic carbocycles. The minimum Gasteiger partial charge on any atom is -0.0776 e. The first kappa shape index (κ1) is 1410. The van der Waals surface area contributed by atoms with Gasteiger partial charge >= 0.3 is 0 Å². The molecule has 20 valence electrons. The molecular weight excluding hydrogens is 52.1 g/mol. The van der Waals surface area contributed by atoms with E-state index in [1.165, 1.54) is 0 Å². The summed E-state index contributed by atoms with van der Waals surface area (Å²) in [5.41, 5.74) is 0. The van der Waals surface area contributed by atoms with Crippen molar-refractivity contribution in [2.75, 3.05) is 0 Å². The maximum absolute atomic E-state index is 0. The van der Waals surface area contributed by atoms with Crippen molar-refractivity contribution in [3.8, 4) is 0 Å². The fourth-order valence-electron chi connectivity index (χ4n) is 0. The first-order valence-electron chi connectivity index (χ1n) is 0. The average molecular weight is 56.1 g/mol. The van der Waals surface area contributed by atoms with E-state index in [-0.39, 0.29) is 41.1 Å². The highest BCUT2D eigenvalue weighted by atomic mass is 12.0. The van der Waals surface area contributed by atoms with Gasteiger partial charge in [0.1, 0.15) is 0 Å². The predicted octanol–water partition coefficient (Wildman–Crippen LogP) is -0.887. The Morgan fingerprint density at radius 2 is 0.400 bits per heavy atom. The van der Waals surface area contributed by atoms with Crippen LogP contribution in [0.15, 0.2) is 0 Å². The van der Waals surface area contributed by atoms with Gasteiger partial charge in [-0.05, 0) is 0 Å². The largest absolute Gasteiger partial charge is 0.0776 e. The lowest BCUT2D eigenvalue weighted by Gasteiger charge is -0.0776. The van der Waals surface area contributed by atoms with Crippen molar-refractivity contribution in [1.82, 2.24) is 0 Å². The van der Waals surface area contributed by atoms with Crippen LogP contribution in [0.5, 0.6) is 0 Å². The molecule has 0 aliphatic rings. The molecule has 4 heteroatoms. The minimum absolute atomic E-state index is 0. The lowest BCUT2D eigenvalue weighted by molar-refractivity contribution is 2.50. The van der Waals surface area contributed by atoms with Gasteiger partial charge in [-0.15, -0.1) is 0 Å². The lowest BCUT2D eigenvalue weighted by atomic mass is 10.0. The Kier molecular flexibility index (Phi) is 190000. The Balaban J connectivity index is 0. The standard InChI is InChI=1S/CH4.4B/h1H4;;;;/i;4*1-1. The Morgan fingerprint density at radius 3 is 0.400 bits per heavy atom. The van der Waals surface area contributed by atoms with E-state index < -0.39 is 0 Å². The van der Waals surface area contributed by atoms with Crippen LogP contribution in [0, 0.1) is 0 Å². The number of hydrogen-bond donors (Lipinski definition) is 0. The van der Waals surface area contributed by atoms with E-state index in [4.69, 9.17) is 0 Å². The van der Waals surface area contributed by atoms with Gasteiger partial charge in [0.25, 0.3) is 0 Å². The van der Waals surface area contributed by atoms with E-state index in [2.05, 4.69) is 0 Å². The van der Waals surface area contributed by atoms with Gasteiger partial charge in [0.15, 0.2) is 0 Å². The zero-order chi connectivity index (χ0) is 0. The van der Waals surface area contributed by atoms with Gasteiger partial charge in [0.05, 0.1) is 0 Å². The van der Waals surface area contributed by atoms with E-state index in [1.807, 2.05) is 0 Å². The molecule has 0 rings (SSSR count). The topological polar surface area (TPSA) is 0 Å². The van der Waals surface area contributed by atoms with Gasteiger partial charge in [-0.1, -0.05) is 7.43 Å². The normalized spacial score (nSPS) is 0. The second kappa shape index (κ2) is 671. The van der Waals surface area contributed by atoms with Crippen molar-refractivity contribution in [3.63, 3.8) is 0 Å². The zero-order valence-corrected chi connectivity index (χ0v) is 2.31. The smallest absolute Gasteiger partial charge is 0 e. The van der Waals surface area contributed by atoms with Crippen LogP contribution in [0.2, 0.25) is 0 Å². The molecular formula is CH4B4. The lowest BCUT2D eigenvalue weighted by Crippen LogP contribution is -0.382. The fourth-order valence-corrected chi connectivity index (χ4v) is 0. The van der Waals surface area contributed by atoms with Crippen molar-refractivity contribution in [3.05, 3.63) is 0 Å². The van der Waals surface area contributed by atoms with E-state index in [9.17, 15) is 0 Å². The van der Waals surface area contributed by atoms with Crippen LogP contribution in [0.25, 0.3) is 0 Å². The highest BCUT2D eigenvalue weighted by Gasteiger charge is 0.00305. The Bertz CT molecular complexity index is 3.61. The average Bonchev–Trinajstić information content (AvgIpc) is 0. The summed E-state index contributed by atoms with van der Waals surface area (Å²) in [5.74, 6) is 0. The molecule has 0 heterocycles. The number of rotatable bonds is 0. The highest BCUT2D eigenvalue weighted by molar-refractivity contribution is 5.76. The third kappa shape index (κ3) is 322. The molecule has 0 spiro atoms. The van der Waals surface area contributed by atoms with E-state index in [0.29, 0.717) is 0 Å². The first-order chi connectivity index (χ1) is 0. The molecule has 5 heavy (non-hydrogen) atoms. The molecule has 0 nitrogen and oxygen atoms in total. The van der Waals surface area contributed by atoms with Crippen molar-refractivity contribution in [2.24, 2.45) is 0 Å². The summed E-state index contributed by atoms with van der Waals surface area (Å²) < 4.78 is 0. The maximum Gasteiger partial charge on any atom is 0 e. The summed E-state index contributed by atoms with van der Waals surface area (Å²) in [4.78, 5) is 0. The molecule has 12 radical (unpaired) electrons. The molecule has 0 atom stereocenters. The van der Waals surface area contributed by atoms with Crippen LogP contribution in [0.4, 0.5) is 0 Å². The quantitative estimate of drug-likeness (QED) is 0.316. The third-order valence-electron chi connectivity index (χ3n) is 0. The Morgan fingerprint density at radius 1 is 0.400 bits per heavy atom. The summed E-state index contributed by atoms with van der Waals surface area (Å²) in [5, 5.41) is 0. The molecule has 0 unspecified atom stereocenters. The fraction of sp³-hybridized carbons (Fsp3) is 1.00. The highest BCUT2D eigenvalue weighted by Crippen LogP contribution is 0.144. The predicted molar refractivity (Wildman–Crippen MR) is 29.7 cm³/mol. The van der Waals surface area contributed by atoms with Crippen molar-refractivity contribution in [2.45, 2.75) is 7.43 Å². The van der Waals surface area contributed by atoms with Gasteiger partial charge in [-0.3, -0.25) is 0 Å². The van der Waals surface area contributed by atoms with Crippen LogP contribution < -0.4 is 0 Å². The molecule has 0 saturated heterocycles. The molecule has 0 N–H and O–H groups in total. The number of hydrogen-bond acceptors (Lipinski definition) is 0. The summed E-state index contributed by atoms with van der Waals surface area (Å²) in [6.07, 6.45) is 0. The monoisotopic (exact) mass is 56.1 g/mol. The van der Waals surface area contributed by atoms with Gasteiger partial charge in [0, 0.05) is 33.7 Å². The SMILES string of the molecule is C.[10B].[10B].[10B].[10B]. The van der Waals surface area contributed by atoms with Gasteiger partial charge in [-0.25, -0.2) is 0 Å². The summed E-state index contributed by atoms with van der Waals surface area (Å²) >= 11 is 0. The summed E-state index contributed by atoms with van der Waals surface area (Å²) in [6, 6.07) is 0. The minimum atomic E-state index is 0. The second-order valence-electron chi connectivity index (χ2n) is 0. The third-order valence-corrected chi connectivity index (χ3v) is 0. The van der Waals surface area contributed by atoms with Crippen molar-refractivity contribution >= 4 is 33.7 Å². The summed E-state index contributed by atoms with van der Waals surface area (Å²) in [7, 11) is 0. The molecule has 0 fully saturated rings. The van der Waals surface area contributed by atoms with E-state index in [0.717, 1.165) is 0 Å². The van der Waals surface area contributed by atoms with Crippen molar-refractivity contribution in [1.29, 1.82) is 0 Å². The molecule has 0 aromatic rings. The van der Waals surface area contributed by atoms with Gasteiger partial charge in [0.2, 0.25) is 0 Å². The first-order valence-corrected chi connectivity index (χ1v) is 0. The molecule has 0 aliphatic heterocycles. The molecule has 0 bridgehead atoms. The molecule has 0 aromatic carbocycles. The molecule has 0 amide bonds. The van der Waals surface area contributed by atoms with Crippen molar-refractivity contribution < 1.29 is 0 Å². The van der Waals surface area contributed by atoms with Crippen LogP contribution in [0.1, 0.15) is 7.43 Å². The summed E-state index contributed by atoms with van der Waals surface area (Å²) in [6.45, 7) is 0. The van der Waals surface area contributed by atoms with Crippen LogP contribution >= 0.6 is 0 Å². The van der Waals surface area contributed by atoms with Crippen LogP contribution in [-0.2, 0) is 0 Å². The maximum atomic E-state index is 0. The van der Waals surface area contributed by atoms with E-state index >= 15 is 0 Å². The zero-order valence-electron chi connectivity index (χ0n) is 2.31. The van der Waals surface area contributed by atoms with Gasteiger partial charge in [-0.2, -0.15) is 0 Å². The van der Waals surface area contributed by atoms with Crippen LogP contribution in [-0.4, -0.2) is 33.7 Å². The Hall–Kier alpha value is 0.260. The van der Waals surface area contributed by atoms with Crippen LogP contribution in [0.3, 0.4) is 0 Å². The molecule has 0 aromatic heterocycles. The van der Waals surface area contributed by atoms with Gasteiger partial charge < -0.3 is 0 Å². The van der Waals surface area contributed by atoms with E-state index in [1.54, 1.807) is 0 Å². The Labute approximate surface area is 42.0 Å².